The fourth-order valence-electron chi connectivity index (χ4n) is 0.950. The number of unbranched alkanes of at least 4 members (excludes halogenated alkanes) is 3. The van der Waals surface area contributed by atoms with Crippen molar-refractivity contribution in [2.24, 2.45) is 0 Å². The highest BCUT2D eigenvalue weighted by Crippen LogP contribution is 1.99. The summed E-state index contributed by atoms with van der Waals surface area (Å²) in [6.07, 6.45) is 13.8. The number of carbonyl (C=O) groups is 1. The van der Waals surface area contributed by atoms with Gasteiger partial charge in [0.2, 0.25) is 6.41 Å². The Labute approximate surface area is 80.7 Å². The first-order valence-corrected chi connectivity index (χ1v) is 4.90. The molecule has 0 heterocycles. The molecule has 0 atom stereocenters. The van der Waals surface area contributed by atoms with Crippen LogP contribution in [0.3, 0.4) is 0 Å². The predicted molar refractivity (Wildman–Crippen MR) is 56.5 cm³/mol. The Kier molecular flexibility index (Phi) is 10.1. The van der Waals surface area contributed by atoms with E-state index in [0.717, 1.165) is 6.42 Å². The molecule has 13 heavy (non-hydrogen) atoms. The molecule has 0 fully saturated rings. The van der Waals surface area contributed by atoms with Crippen LogP contribution in [-0.4, -0.2) is 13.0 Å². The van der Waals surface area contributed by atoms with Crippen molar-refractivity contribution in [3.63, 3.8) is 0 Å². The first-order chi connectivity index (χ1) is 6.41. The van der Waals surface area contributed by atoms with Crippen LogP contribution in [0.1, 0.15) is 32.6 Å². The fraction of sp³-hybridized carbons (Fsp3) is 0.545. The molecule has 0 aliphatic carbocycles. The van der Waals surface area contributed by atoms with Crippen molar-refractivity contribution >= 4 is 6.41 Å². The molecule has 74 valence electrons. The van der Waals surface area contributed by atoms with Crippen molar-refractivity contribution in [2.75, 3.05) is 6.54 Å². The topological polar surface area (TPSA) is 29.1 Å². The zero-order valence-corrected chi connectivity index (χ0v) is 8.33. The SMILES string of the molecule is CCCCC/C=C/C=C/CNC=O. The van der Waals surface area contributed by atoms with Gasteiger partial charge >= 0.3 is 0 Å². The van der Waals surface area contributed by atoms with Gasteiger partial charge in [0.1, 0.15) is 0 Å². The summed E-state index contributed by atoms with van der Waals surface area (Å²) in [5, 5.41) is 2.56. The Balaban J connectivity index is 3.19. The molecule has 0 aliphatic rings. The van der Waals surface area contributed by atoms with Gasteiger partial charge in [0.15, 0.2) is 0 Å². The number of hydrogen-bond donors (Lipinski definition) is 1. The molecular formula is C11H19NO. The van der Waals surface area contributed by atoms with Crippen molar-refractivity contribution in [3.8, 4) is 0 Å². The van der Waals surface area contributed by atoms with Crippen LogP contribution >= 0.6 is 0 Å². The van der Waals surface area contributed by atoms with Gasteiger partial charge in [-0.3, -0.25) is 4.79 Å². The number of rotatable bonds is 8. The third kappa shape index (κ3) is 10.9. The smallest absolute Gasteiger partial charge is 0.207 e. The van der Waals surface area contributed by atoms with Gasteiger partial charge in [-0.2, -0.15) is 0 Å². The lowest BCUT2D eigenvalue weighted by Gasteiger charge is -1.90. The molecule has 0 unspecified atom stereocenters. The van der Waals surface area contributed by atoms with E-state index in [1.807, 2.05) is 18.2 Å². The minimum Gasteiger partial charge on any atom is -0.355 e. The van der Waals surface area contributed by atoms with Crippen LogP contribution < -0.4 is 5.32 Å². The van der Waals surface area contributed by atoms with Gasteiger partial charge in [-0.25, -0.2) is 0 Å². The summed E-state index contributed by atoms with van der Waals surface area (Å²) in [5.41, 5.74) is 0. The number of amides is 1. The summed E-state index contributed by atoms with van der Waals surface area (Å²) >= 11 is 0. The lowest BCUT2D eigenvalue weighted by molar-refractivity contribution is -0.109. The second-order valence-corrected chi connectivity index (χ2v) is 2.88. The lowest BCUT2D eigenvalue weighted by atomic mass is 10.2. The minimum absolute atomic E-state index is 0.614. The Bertz CT molecular complexity index is 161. The van der Waals surface area contributed by atoms with E-state index >= 15 is 0 Å². The Morgan fingerprint density at radius 2 is 1.92 bits per heavy atom. The molecule has 2 nitrogen and oxygen atoms in total. The van der Waals surface area contributed by atoms with Crippen molar-refractivity contribution in [1.82, 2.24) is 5.32 Å². The third-order valence-electron chi connectivity index (χ3n) is 1.68. The molecule has 0 bridgehead atoms. The second-order valence-electron chi connectivity index (χ2n) is 2.88. The van der Waals surface area contributed by atoms with Gasteiger partial charge in [-0.1, -0.05) is 44.1 Å². The van der Waals surface area contributed by atoms with Gasteiger partial charge in [0.05, 0.1) is 0 Å². The normalized spacial score (nSPS) is 11.2. The van der Waals surface area contributed by atoms with Crippen LogP contribution in [-0.2, 0) is 4.79 Å². The summed E-state index contributed by atoms with van der Waals surface area (Å²) in [5.74, 6) is 0. The van der Waals surface area contributed by atoms with Crippen molar-refractivity contribution in [2.45, 2.75) is 32.6 Å². The molecule has 0 radical (unpaired) electrons. The van der Waals surface area contributed by atoms with E-state index in [2.05, 4.69) is 18.3 Å². The zero-order valence-electron chi connectivity index (χ0n) is 8.33. The van der Waals surface area contributed by atoms with Gasteiger partial charge in [0.25, 0.3) is 0 Å². The first-order valence-electron chi connectivity index (χ1n) is 4.90. The molecule has 0 saturated carbocycles. The number of carbonyl (C=O) groups excluding carboxylic acids is 1. The van der Waals surface area contributed by atoms with E-state index in [0.29, 0.717) is 13.0 Å². The van der Waals surface area contributed by atoms with E-state index in [1.165, 1.54) is 19.3 Å². The van der Waals surface area contributed by atoms with Crippen LogP contribution in [0.2, 0.25) is 0 Å². The van der Waals surface area contributed by atoms with Crippen LogP contribution in [0.5, 0.6) is 0 Å². The van der Waals surface area contributed by atoms with Crippen molar-refractivity contribution in [3.05, 3.63) is 24.3 Å². The number of nitrogens with one attached hydrogen (secondary N) is 1. The molecule has 0 aromatic rings. The quantitative estimate of drug-likeness (QED) is 0.348. The molecule has 0 rings (SSSR count). The second kappa shape index (κ2) is 11.0. The average molecular weight is 181 g/mol. The maximum absolute atomic E-state index is 9.85. The predicted octanol–water partition coefficient (Wildman–Crippen LogP) is 2.43. The average Bonchev–Trinajstić information content (AvgIpc) is 2.16. The summed E-state index contributed by atoms with van der Waals surface area (Å²) in [6.45, 7) is 2.82. The maximum atomic E-state index is 9.85. The molecular weight excluding hydrogens is 162 g/mol. The molecule has 1 amide bonds. The number of hydrogen-bond acceptors (Lipinski definition) is 1. The largest absolute Gasteiger partial charge is 0.355 e. The summed E-state index contributed by atoms with van der Waals surface area (Å²) in [4.78, 5) is 9.85. The maximum Gasteiger partial charge on any atom is 0.207 e. The van der Waals surface area contributed by atoms with Gasteiger partial charge in [-0.05, 0) is 12.8 Å². The van der Waals surface area contributed by atoms with Gasteiger partial charge in [0, 0.05) is 6.54 Å². The molecule has 0 saturated heterocycles. The minimum atomic E-state index is 0.614. The molecule has 2 heteroatoms. The molecule has 0 spiro atoms. The van der Waals surface area contributed by atoms with Crippen molar-refractivity contribution < 1.29 is 4.79 Å². The van der Waals surface area contributed by atoms with E-state index in [1.54, 1.807) is 0 Å². The zero-order chi connectivity index (χ0) is 9.78. The first kappa shape index (κ1) is 11.9. The Morgan fingerprint density at radius 3 is 2.62 bits per heavy atom. The molecule has 0 aliphatic heterocycles. The Morgan fingerprint density at radius 1 is 1.15 bits per heavy atom. The van der Waals surface area contributed by atoms with E-state index in [-0.39, 0.29) is 0 Å². The number of allylic oxidation sites excluding steroid dienone is 3. The van der Waals surface area contributed by atoms with Crippen LogP contribution in [0.4, 0.5) is 0 Å². The highest BCUT2D eigenvalue weighted by Gasteiger charge is 1.79. The molecule has 0 aromatic carbocycles. The molecule has 0 aromatic heterocycles. The summed E-state index contributed by atoms with van der Waals surface area (Å²) in [7, 11) is 0. The van der Waals surface area contributed by atoms with E-state index in [9.17, 15) is 4.79 Å². The third-order valence-corrected chi connectivity index (χ3v) is 1.68. The fourth-order valence-corrected chi connectivity index (χ4v) is 0.950. The van der Waals surface area contributed by atoms with Crippen molar-refractivity contribution in [1.29, 1.82) is 0 Å². The van der Waals surface area contributed by atoms with Crippen LogP contribution in [0.25, 0.3) is 0 Å². The van der Waals surface area contributed by atoms with Gasteiger partial charge < -0.3 is 5.32 Å². The van der Waals surface area contributed by atoms with E-state index < -0.39 is 0 Å². The van der Waals surface area contributed by atoms with E-state index in [4.69, 9.17) is 0 Å². The highest BCUT2D eigenvalue weighted by molar-refractivity contribution is 5.46. The Hall–Kier alpha value is -1.05. The van der Waals surface area contributed by atoms with Crippen LogP contribution in [0.15, 0.2) is 24.3 Å². The summed E-state index contributed by atoms with van der Waals surface area (Å²) < 4.78 is 0. The monoisotopic (exact) mass is 181 g/mol. The summed E-state index contributed by atoms with van der Waals surface area (Å²) in [6, 6.07) is 0. The van der Waals surface area contributed by atoms with Crippen LogP contribution in [0, 0.1) is 0 Å². The lowest BCUT2D eigenvalue weighted by Crippen LogP contribution is -2.08. The standard InChI is InChI=1S/C11H19NO/c1-2-3-4-5-6-7-8-9-10-12-11-13/h6-9,11H,2-5,10H2,1H3,(H,12,13)/b7-6+,9-8+. The molecule has 1 N–H and O–H groups in total. The highest BCUT2D eigenvalue weighted by atomic mass is 16.1. The van der Waals surface area contributed by atoms with Gasteiger partial charge in [-0.15, -0.1) is 0 Å².